The fourth-order valence-electron chi connectivity index (χ4n) is 1.26. The highest BCUT2D eigenvalue weighted by atomic mass is 79.9. The predicted molar refractivity (Wildman–Crippen MR) is 67.6 cm³/mol. The highest BCUT2D eigenvalue weighted by Gasteiger charge is 2.18. The molecule has 1 heterocycles. The van der Waals surface area contributed by atoms with Crippen LogP contribution in [0, 0.1) is 0 Å². The zero-order valence-corrected chi connectivity index (χ0v) is 11.6. The van der Waals surface area contributed by atoms with Gasteiger partial charge in [0.05, 0.1) is 16.4 Å². The van der Waals surface area contributed by atoms with Gasteiger partial charge in [0.2, 0.25) is 0 Å². The molecule has 5 heteroatoms. The number of Topliss-reactive ketones (excluding diaryl/α,β-unsaturated/α-hetero) is 1. The normalized spacial score (nSPS) is 11.0. The van der Waals surface area contributed by atoms with Gasteiger partial charge in [-0.25, -0.2) is 0 Å². The van der Waals surface area contributed by atoms with Crippen molar-refractivity contribution in [3.63, 3.8) is 0 Å². The third kappa shape index (κ3) is 3.08. The smallest absolute Gasteiger partial charge is 0.191 e. The predicted octanol–water partition coefficient (Wildman–Crippen LogP) is 3.16. The first-order valence-corrected chi connectivity index (χ1v) is 6.86. The lowest BCUT2D eigenvalue weighted by Gasteiger charge is -2.10. The summed E-state index contributed by atoms with van der Waals surface area (Å²) in [6, 6.07) is 0.210. The second-order valence-electron chi connectivity index (χ2n) is 3.44. The van der Waals surface area contributed by atoms with E-state index in [2.05, 4.69) is 21.0 Å². The number of hydrogen-bond donors (Lipinski definition) is 0. The summed E-state index contributed by atoms with van der Waals surface area (Å²) in [6.45, 7) is 6.08. The molecular weight excluding hydrogens is 276 g/mol. The molecule has 0 N–H and O–H groups in total. The number of aromatic nitrogens is 2. The second-order valence-corrected chi connectivity index (χ2v) is 5.57. The van der Waals surface area contributed by atoms with Gasteiger partial charge < -0.3 is 0 Å². The van der Waals surface area contributed by atoms with Gasteiger partial charge in [-0.05, 0) is 35.5 Å². The largest absolute Gasteiger partial charge is 0.291 e. The van der Waals surface area contributed by atoms with Crippen LogP contribution in [0.5, 0.6) is 0 Å². The van der Waals surface area contributed by atoms with Gasteiger partial charge in [-0.1, -0.05) is 6.92 Å². The molecule has 0 aromatic carbocycles. The number of hydrogen-bond acceptors (Lipinski definition) is 3. The van der Waals surface area contributed by atoms with Crippen LogP contribution in [0.4, 0.5) is 0 Å². The molecule has 1 aromatic rings. The molecule has 0 amide bonds. The summed E-state index contributed by atoms with van der Waals surface area (Å²) in [7, 11) is 0. The zero-order chi connectivity index (χ0) is 11.4. The maximum Gasteiger partial charge on any atom is 0.191 e. The number of rotatable bonds is 5. The van der Waals surface area contributed by atoms with Crippen molar-refractivity contribution in [3.8, 4) is 0 Å². The van der Waals surface area contributed by atoms with E-state index >= 15 is 0 Å². The molecule has 1 rings (SSSR count). The Kier molecular flexibility index (Phi) is 4.86. The number of carbonyl (C=O) groups is 1. The van der Waals surface area contributed by atoms with E-state index in [0.717, 1.165) is 10.2 Å². The lowest BCUT2D eigenvalue weighted by Crippen LogP contribution is -2.14. The molecule has 0 spiro atoms. The third-order valence-corrected chi connectivity index (χ3v) is 3.40. The minimum Gasteiger partial charge on any atom is -0.291 e. The molecule has 0 atom stereocenters. The summed E-state index contributed by atoms with van der Waals surface area (Å²) in [4.78, 5) is 11.9. The minimum absolute atomic E-state index is 0.139. The summed E-state index contributed by atoms with van der Waals surface area (Å²) in [5, 5.41) is 4.18. The van der Waals surface area contributed by atoms with E-state index in [1.807, 2.05) is 20.8 Å². The van der Waals surface area contributed by atoms with E-state index in [1.54, 1.807) is 22.6 Å². The fourth-order valence-corrected chi connectivity index (χ4v) is 2.28. The Balaban J connectivity index is 2.91. The van der Waals surface area contributed by atoms with Crippen LogP contribution in [0.25, 0.3) is 0 Å². The van der Waals surface area contributed by atoms with Crippen molar-refractivity contribution < 1.29 is 4.79 Å². The van der Waals surface area contributed by atoms with Crippen LogP contribution in [0.1, 0.15) is 37.3 Å². The average Bonchev–Trinajstić information content (AvgIpc) is 2.56. The Morgan fingerprint density at radius 2 is 2.33 bits per heavy atom. The standard InChI is InChI=1S/C10H15BrN2OS/c1-4-15-6-9(14)10-8(11)5-12-13(10)7(2)3/h5,7H,4,6H2,1-3H3. The van der Waals surface area contributed by atoms with Crippen molar-refractivity contribution >= 4 is 33.5 Å². The summed E-state index contributed by atoms with van der Waals surface area (Å²) < 4.78 is 2.56. The first-order valence-electron chi connectivity index (χ1n) is 4.91. The van der Waals surface area contributed by atoms with E-state index in [0.29, 0.717) is 11.4 Å². The molecule has 3 nitrogen and oxygen atoms in total. The lowest BCUT2D eigenvalue weighted by atomic mass is 10.3. The quantitative estimate of drug-likeness (QED) is 0.782. The maximum absolute atomic E-state index is 11.9. The SMILES string of the molecule is CCSCC(=O)c1c(Br)cnn1C(C)C. The number of halogens is 1. The average molecular weight is 291 g/mol. The van der Waals surface area contributed by atoms with Crippen LogP contribution in [0.3, 0.4) is 0 Å². The molecule has 0 radical (unpaired) electrons. The lowest BCUT2D eigenvalue weighted by molar-refractivity contribution is 0.101. The van der Waals surface area contributed by atoms with Crippen LogP contribution < -0.4 is 0 Å². The highest BCUT2D eigenvalue weighted by molar-refractivity contribution is 9.10. The number of ketones is 1. The van der Waals surface area contributed by atoms with Crippen molar-refractivity contribution in [2.45, 2.75) is 26.8 Å². The van der Waals surface area contributed by atoms with E-state index in [-0.39, 0.29) is 11.8 Å². The highest BCUT2D eigenvalue weighted by Crippen LogP contribution is 2.21. The van der Waals surface area contributed by atoms with Gasteiger partial charge in [0.15, 0.2) is 5.78 Å². The molecule has 1 aromatic heterocycles. The molecule has 84 valence electrons. The van der Waals surface area contributed by atoms with Crippen molar-refractivity contribution in [1.82, 2.24) is 9.78 Å². The van der Waals surface area contributed by atoms with Gasteiger partial charge in [0, 0.05) is 6.04 Å². The van der Waals surface area contributed by atoms with Crippen molar-refractivity contribution in [1.29, 1.82) is 0 Å². The Labute approximate surface area is 103 Å². The van der Waals surface area contributed by atoms with Crippen molar-refractivity contribution in [2.24, 2.45) is 0 Å². The summed E-state index contributed by atoms with van der Waals surface area (Å²) in [6.07, 6.45) is 1.68. The van der Waals surface area contributed by atoms with Crippen molar-refractivity contribution in [3.05, 3.63) is 16.4 Å². The molecule has 0 unspecified atom stereocenters. The first-order chi connectivity index (χ1) is 7.07. The van der Waals surface area contributed by atoms with Gasteiger partial charge >= 0.3 is 0 Å². The van der Waals surface area contributed by atoms with Crippen LogP contribution in [-0.4, -0.2) is 27.1 Å². The monoisotopic (exact) mass is 290 g/mol. The zero-order valence-electron chi connectivity index (χ0n) is 9.16. The molecule has 0 aliphatic carbocycles. The minimum atomic E-state index is 0.139. The van der Waals surface area contributed by atoms with Crippen LogP contribution in [-0.2, 0) is 0 Å². The van der Waals surface area contributed by atoms with Crippen molar-refractivity contribution in [2.75, 3.05) is 11.5 Å². The van der Waals surface area contributed by atoms with Gasteiger partial charge in [-0.3, -0.25) is 9.48 Å². The van der Waals surface area contributed by atoms with Gasteiger partial charge in [0.25, 0.3) is 0 Å². The van der Waals surface area contributed by atoms with Gasteiger partial charge in [-0.15, -0.1) is 0 Å². The maximum atomic E-state index is 11.9. The Bertz CT molecular complexity index is 349. The number of nitrogens with zero attached hydrogens (tertiary/aromatic N) is 2. The van der Waals surface area contributed by atoms with E-state index in [1.165, 1.54) is 0 Å². The third-order valence-electron chi connectivity index (χ3n) is 1.94. The van der Waals surface area contributed by atoms with Gasteiger partial charge in [-0.2, -0.15) is 16.9 Å². The molecule has 0 bridgehead atoms. The Morgan fingerprint density at radius 1 is 1.67 bits per heavy atom. The number of carbonyl (C=O) groups excluding carboxylic acids is 1. The molecule has 0 saturated heterocycles. The molecule has 0 fully saturated rings. The summed E-state index contributed by atoms with van der Waals surface area (Å²) >= 11 is 5.00. The summed E-state index contributed by atoms with van der Waals surface area (Å²) in [5.74, 6) is 1.62. The first kappa shape index (κ1) is 12.8. The van der Waals surface area contributed by atoms with Crippen LogP contribution in [0.15, 0.2) is 10.7 Å². The topological polar surface area (TPSA) is 34.9 Å². The Morgan fingerprint density at radius 3 is 2.87 bits per heavy atom. The van der Waals surface area contributed by atoms with Gasteiger partial charge in [0.1, 0.15) is 5.69 Å². The van der Waals surface area contributed by atoms with Crippen LogP contribution in [0.2, 0.25) is 0 Å². The Hall–Kier alpha value is -0.290. The molecule has 0 aliphatic rings. The molecular formula is C10H15BrN2OS. The second kappa shape index (κ2) is 5.70. The molecule has 15 heavy (non-hydrogen) atoms. The van der Waals surface area contributed by atoms with E-state index in [4.69, 9.17) is 0 Å². The van der Waals surface area contributed by atoms with E-state index < -0.39 is 0 Å². The summed E-state index contributed by atoms with van der Waals surface area (Å²) in [5.41, 5.74) is 0.686. The van der Waals surface area contributed by atoms with Crippen LogP contribution >= 0.6 is 27.7 Å². The molecule has 0 saturated carbocycles. The molecule has 0 aliphatic heterocycles. The van der Waals surface area contributed by atoms with E-state index in [9.17, 15) is 4.79 Å². The number of thioether (sulfide) groups is 1. The fraction of sp³-hybridized carbons (Fsp3) is 0.600.